The summed E-state index contributed by atoms with van der Waals surface area (Å²) in [4.78, 5) is 2.27. The van der Waals surface area contributed by atoms with Crippen LogP contribution in [0.2, 0.25) is 0 Å². The smallest absolute Gasteiger partial charge is 0.125 e. The number of ether oxygens (including phenoxy) is 2. The Morgan fingerprint density at radius 3 is 2.55 bits per heavy atom. The zero-order valence-electron chi connectivity index (χ0n) is 14.0. The van der Waals surface area contributed by atoms with Crippen LogP contribution >= 0.6 is 12.4 Å². The number of aryl methyl sites for hydroxylation is 2. The topological polar surface area (TPSA) is 41.9 Å². The fourth-order valence-electron chi connectivity index (χ4n) is 2.74. The lowest BCUT2D eigenvalue weighted by Crippen LogP contribution is -2.55. The van der Waals surface area contributed by atoms with Crippen LogP contribution < -0.4 is 4.74 Å². The molecule has 1 saturated heterocycles. The van der Waals surface area contributed by atoms with E-state index in [0.29, 0.717) is 19.8 Å². The number of morpholine rings is 1. The molecular formula is C17H28ClNO3. The molecule has 1 N–H and O–H groups in total. The average Bonchev–Trinajstić information content (AvgIpc) is 2.40. The highest BCUT2D eigenvalue weighted by atomic mass is 35.5. The predicted molar refractivity (Wildman–Crippen MR) is 91.1 cm³/mol. The average molecular weight is 330 g/mol. The molecule has 1 aromatic carbocycles. The van der Waals surface area contributed by atoms with Gasteiger partial charge in [0.25, 0.3) is 0 Å². The van der Waals surface area contributed by atoms with E-state index in [1.165, 1.54) is 0 Å². The van der Waals surface area contributed by atoms with E-state index < -0.39 is 6.10 Å². The molecule has 0 spiro atoms. The normalized spacial score (nSPS) is 19.3. The monoisotopic (exact) mass is 329 g/mol. The number of benzene rings is 1. The van der Waals surface area contributed by atoms with E-state index in [1.54, 1.807) is 0 Å². The maximum atomic E-state index is 10.3. The first-order chi connectivity index (χ1) is 9.90. The second-order valence-electron chi connectivity index (χ2n) is 6.50. The molecular weight excluding hydrogens is 302 g/mol. The van der Waals surface area contributed by atoms with Gasteiger partial charge in [-0.25, -0.2) is 0 Å². The molecule has 0 bridgehead atoms. The van der Waals surface area contributed by atoms with Crippen molar-refractivity contribution in [3.8, 4) is 5.75 Å². The Balaban J connectivity index is 0.00000242. The molecule has 5 heteroatoms. The van der Waals surface area contributed by atoms with Gasteiger partial charge in [-0.3, -0.25) is 4.90 Å². The van der Waals surface area contributed by atoms with Crippen molar-refractivity contribution in [3.05, 3.63) is 29.3 Å². The van der Waals surface area contributed by atoms with Gasteiger partial charge >= 0.3 is 0 Å². The van der Waals surface area contributed by atoms with E-state index in [-0.39, 0.29) is 17.9 Å². The molecule has 0 saturated carbocycles. The van der Waals surface area contributed by atoms with Crippen molar-refractivity contribution in [1.29, 1.82) is 0 Å². The van der Waals surface area contributed by atoms with Crippen molar-refractivity contribution in [2.24, 2.45) is 0 Å². The Bertz CT molecular complexity index is 459. The summed E-state index contributed by atoms with van der Waals surface area (Å²) >= 11 is 0. The minimum Gasteiger partial charge on any atom is -0.490 e. The Hall–Kier alpha value is -0.810. The molecule has 1 aliphatic heterocycles. The van der Waals surface area contributed by atoms with Crippen LogP contribution in [0, 0.1) is 13.8 Å². The molecule has 0 aromatic heterocycles. The molecule has 22 heavy (non-hydrogen) atoms. The van der Waals surface area contributed by atoms with Crippen molar-refractivity contribution in [1.82, 2.24) is 4.90 Å². The van der Waals surface area contributed by atoms with E-state index in [4.69, 9.17) is 9.47 Å². The highest BCUT2D eigenvalue weighted by Crippen LogP contribution is 2.23. The Morgan fingerprint density at radius 1 is 1.32 bits per heavy atom. The molecule has 2 rings (SSSR count). The van der Waals surface area contributed by atoms with Gasteiger partial charge in [-0.15, -0.1) is 12.4 Å². The molecule has 4 nitrogen and oxygen atoms in total. The SMILES string of the molecule is Cc1cccc(C)c1OCC(O)CN1CCOCC1(C)C.Cl. The second kappa shape index (κ2) is 8.16. The molecule has 1 fully saturated rings. The van der Waals surface area contributed by atoms with Gasteiger partial charge in [0.05, 0.1) is 13.2 Å². The van der Waals surface area contributed by atoms with Crippen molar-refractivity contribution in [3.63, 3.8) is 0 Å². The second-order valence-corrected chi connectivity index (χ2v) is 6.50. The van der Waals surface area contributed by atoms with Gasteiger partial charge in [-0.1, -0.05) is 18.2 Å². The summed E-state index contributed by atoms with van der Waals surface area (Å²) in [6, 6.07) is 6.07. The number of para-hydroxylation sites is 1. The Labute approximate surface area is 139 Å². The highest BCUT2D eigenvalue weighted by molar-refractivity contribution is 5.85. The van der Waals surface area contributed by atoms with Gasteiger partial charge < -0.3 is 14.6 Å². The number of halogens is 1. The molecule has 1 aliphatic rings. The minimum atomic E-state index is -0.499. The predicted octanol–water partition coefficient (Wildman–Crippen LogP) is 2.58. The number of rotatable bonds is 5. The maximum Gasteiger partial charge on any atom is 0.125 e. The third-order valence-electron chi connectivity index (χ3n) is 4.08. The third kappa shape index (κ3) is 4.85. The Kier molecular flexibility index (Phi) is 7.13. The number of nitrogens with zero attached hydrogens (tertiary/aromatic N) is 1. The van der Waals surface area contributed by atoms with Crippen LogP contribution in [-0.4, -0.2) is 54.6 Å². The zero-order valence-corrected chi connectivity index (χ0v) is 14.8. The number of hydrogen-bond donors (Lipinski definition) is 1. The largest absolute Gasteiger partial charge is 0.490 e. The van der Waals surface area contributed by atoms with E-state index in [1.807, 2.05) is 32.0 Å². The van der Waals surface area contributed by atoms with Crippen LogP contribution in [-0.2, 0) is 4.74 Å². The number of hydrogen-bond acceptors (Lipinski definition) is 4. The highest BCUT2D eigenvalue weighted by Gasteiger charge is 2.31. The van der Waals surface area contributed by atoms with Crippen molar-refractivity contribution in [2.75, 3.05) is 32.9 Å². The lowest BCUT2D eigenvalue weighted by Gasteiger charge is -2.42. The number of aliphatic hydroxyl groups excluding tert-OH is 1. The lowest BCUT2D eigenvalue weighted by molar-refractivity contribution is -0.0703. The summed E-state index contributed by atoms with van der Waals surface area (Å²) in [5.74, 6) is 0.887. The minimum absolute atomic E-state index is 0. The van der Waals surface area contributed by atoms with E-state index >= 15 is 0 Å². The summed E-state index contributed by atoms with van der Waals surface area (Å²) in [7, 11) is 0. The van der Waals surface area contributed by atoms with Crippen molar-refractivity contribution in [2.45, 2.75) is 39.3 Å². The fraction of sp³-hybridized carbons (Fsp3) is 0.647. The van der Waals surface area contributed by atoms with E-state index in [0.717, 1.165) is 30.0 Å². The first kappa shape index (κ1) is 19.2. The molecule has 0 aliphatic carbocycles. The van der Waals surface area contributed by atoms with Gasteiger partial charge in [-0.05, 0) is 38.8 Å². The van der Waals surface area contributed by atoms with E-state index in [2.05, 4.69) is 18.7 Å². The quantitative estimate of drug-likeness (QED) is 0.901. The summed E-state index contributed by atoms with van der Waals surface area (Å²) in [6.45, 7) is 11.6. The van der Waals surface area contributed by atoms with Gasteiger partial charge in [0, 0.05) is 18.6 Å². The van der Waals surface area contributed by atoms with Gasteiger partial charge in [0.15, 0.2) is 0 Å². The maximum absolute atomic E-state index is 10.3. The van der Waals surface area contributed by atoms with E-state index in [9.17, 15) is 5.11 Å². The van der Waals surface area contributed by atoms with Crippen molar-refractivity contribution >= 4 is 12.4 Å². The first-order valence-electron chi connectivity index (χ1n) is 7.60. The first-order valence-corrected chi connectivity index (χ1v) is 7.60. The molecule has 1 heterocycles. The van der Waals surface area contributed by atoms with Crippen molar-refractivity contribution < 1.29 is 14.6 Å². The summed E-state index contributed by atoms with van der Waals surface area (Å²) in [6.07, 6.45) is -0.499. The fourth-order valence-corrected chi connectivity index (χ4v) is 2.74. The lowest BCUT2D eigenvalue weighted by atomic mass is 10.0. The van der Waals surface area contributed by atoms with Gasteiger partial charge in [-0.2, -0.15) is 0 Å². The van der Waals surface area contributed by atoms with Crippen LogP contribution in [0.25, 0.3) is 0 Å². The van der Waals surface area contributed by atoms with Crippen LogP contribution in [0.4, 0.5) is 0 Å². The standard InChI is InChI=1S/C17H27NO3.ClH/c1-13-6-5-7-14(2)16(13)21-11-15(19)10-18-8-9-20-12-17(18,3)4;/h5-7,15,19H,8-12H2,1-4H3;1H. The summed E-state index contributed by atoms with van der Waals surface area (Å²) in [5.41, 5.74) is 2.18. The zero-order chi connectivity index (χ0) is 15.5. The summed E-state index contributed by atoms with van der Waals surface area (Å²) < 4.78 is 11.3. The van der Waals surface area contributed by atoms with Crippen LogP contribution in [0.5, 0.6) is 5.75 Å². The molecule has 1 atom stereocenters. The number of β-amino-alcohol motifs (C(OH)–C–C–N with tert-alkyl or cyclic N) is 1. The molecule has 126 valence electrons. The van der Waals surface area contributed by atoms with Gasteiger partial charge in [0.2, 0.25) is 0 Å². The molecule has 1 aromatic rings. The molecule has 0 radical (unpaired) electrons. The molecule has 1 unspecified atom stereocenters. The molecule has 0 amide bonds. The van der Waals surface area contributed by atoms with Crippen LogP contribution in [0.15, 0.2) is 18.2 Å². The number of aliphatic hydroxyl groups is 1. The van der Waals surface area contributed by atoms with Crippen LogP contribution in [0.1, 0.15) is 25.0 Å². The summed E-state index contributed by atoms with van der Waals surface area (Å²) in [5, 5.41) is 10.3. The van der Waals surface area contributed by atoms with Crippen LogP contribution in [0.3, 0.4) is 0 Å². The third-order valence-corrected chi connectivity index (χ3v) is 4.08. The Morgan fingerprint density at radius 2 is 1.95 bits per heavy atom. The van der Waals surface area contributed by atoms with Gasteiger partial charge in [0.1, 0.15) is 18.5 Å².